The second-order valence-electron chi connectivity index (χ2n) is 3.69. The van der Waals surface area contributed by atoms with E-state index < -0.39 is 0 Å². The third-order valence-electron chi connectivity index (χ3n) is 2.65. The van der Waals surface area contributed by atoms with E-state index in [1.165, 1.54) is 0 Å². The van der Waals surface area contributed by atoms with Gasteiger partial charge >= 0.3 is 5.97 Å². The monoisotopic (exact) mass is 233 g/mol. The number of carbonyl (C=O) groups excluding carboxylic acids is 1. The molecule has 16 heavy (non-hydrogen) atoms. The van der Waals surface area contributed by atoms with E-state index >= 15 is 0 Å². The van der Waals surface area contributed by atoms with Crippen LogP contribution in [0.1, 0.15) is 22.3 Å². The molecule has 4 nitrogen and oxygen atoms in total. The topological polar surface area (TPSA) is 48.7 Å². The van der Waals surface area contributed by atoms with Crippen LogP contribution in [0.2, 0.25) is 6.04 Å². The van der Waals surface area contributed by atoms with Crippen molar-refractivity contribution >= 4 is 27.4 Å². The largest absolute Gasteiger partial charge is 0.490 e. The summed E-state index contributed by atoms with van der Waals surface area (Å²) in [6.45, 7) is 0.929. The van der Waals surface area contributed by atoms with Crippen LogP contribution in [0, 0.1) is 0 Å². The summed E-state index contributed by atoms with van der Waals surface area (Å²) in [5, 5.41) is 0. The molecule has 3 radical (unpaired) electrons. The summed E-state index contributed by atoms with van der Waals surface area (Å²) in [5.74, 6) is 0.419. The fourth-order valence-corrected chi connectivity index (χ4v) is 2.05. The Morgan fingerprint density at radius 3 is 3.19 bits per heavy atom. The van der Waals surface area contributed by atoms with Gasteiger partial charge in [0.15, 0.2) is 11.3 Å². The molecule has 3 heterocycles. The number of benzene rings is 1. The van der Waals surface area contributed by atoms with Gasteiger partial charge in [0, 0.05) is 16.3 Å². The molecule has 0 N–H and O–H groups in total. The summed E-state index contributed by atoms with van der Waals surface area (Å²) in [6.07, 6.45) is 0.929. The Kier molecular flexibility index (Phi) is 2.14. The van der Waals surface area contributed by atoms with Gasteiger partial charge in [-0.3, -0.25) is 0 Å². The average Bonchev–Trinajstić information content (AvgIpc) is 2.91. The number of carbonyl (C=O) groups is 1. The number of hydrogen-bond acceptors (Lipinski definition) is 4. The second kappa shape index (κ2) is 3.52. The molecule has 0 saturated carbocycles. The first-order valence-corrected chi connectivity index (χ1v) is 5.84. The zero-order chi connectivity index (χ0) is 11.1. The van der Waals surface area contributed by atoms with Crippen LogP contribution in [-0.2, 0) is 11.3 Å². The number of furan rings is 2. The maximum atomic E-state index is 11.3. The van der Waals surface area contributed by atoms with Crippen molar-refractivity contribution in [1.82, 2.24) is 0 Å². The number of ether oxygens (including phenoxy) is 2. The van der Waals surface area contributed by atoms with E-state index in [0.29, 0.717) is 35.7 Å². The molecule has 0 fully saturated rings. The molecule has 81 valence electrons. The molecule has 5 heteroatoms. The first kappa shape index (κ1) is 9.71. The Morgan fingerprint density at radius 1 is 1.50 bits per heavy atom. The van der Waals surface area contributed by atoms with Gasteiger partial charge in [0.1, 0.15) is 17.8 Å². The Bertz CT molecular complexity index is 531. The Balaban J connectivity index is 1.91. The van der Waals surface area contributed by atoms with Crippen LogP contribution in [0.5, 0.6) is 5.75 Å². The molecule has 2 aromatic rings. The van der Waals surface area contributed by atoms with E-state index in [2.05, 4.69) is 10.2 Å². The highest BCUT2D eigenvalue weighted by Crippen LogP contribution is 2.41. The summed E-state index contributed by atoms with van der Waals surface area (Å²) >= 11 is 0. The first-order valence-electron chi connectivity index (χ1n) is 5.13. The van der Waals surface area contributed by atoms with E-state index in [4.69, 9.17) is 13.9 Å². The molecule has 3 rings (SSSR count). The first-order chi connectivity index (χ1) is 7.81. The molecule has 2 bridgehead atoms. The van der Waals surface area contributed by atoms with Crippen LogP contribution in [0.15, 0.2) is 10.5 Å². The highest BCUT2D eigenvalue weighted by Gasteiger charge is 2.33. The molecule has 0 saturated heterocycles. The molecule has 0 aromatic carbocycles. The van der Waals surface area contributed by atoms with Crippen molar-refractivity contribution in [3.8, 4) is 5.75 Å². The standard InChI is InChI=1S/C11H9O4Si/c12-11-9-6(5-14-11)10-8(4-7(9)15-10)13-2-1-3-16/h4H,1-3,5H2. The highest BCUT2D eigenvalue weighted by molar-refractivity contribution is 6.08. The minimum absolute atomic E-state index is 0.296. The van der Waals surface area contributed by atoms with Crippen molar-refractivity contribution in [3.05, 3.63) is 17.2 Å². The summed E-state index contributed by atoms with van der Waals surface area (Å²) in [7, 11) is 3.38. The molecule has 1 aliphatic rings. The lowest BCUT2D eigenvalue weighted by Gasteiger charge is -2.02. The zero-order valence-corrected chi connectivity index (χ0v) is 9.54. The van der Waals surface area contributed by atoms with Crippen molar-refractivity contribution in [2.45, 2.75) is 19.1 Å². The highest BCUT2D eigenvalue weighted by atomic mass is 28.1. The smallest absolute Gasteiger partial charge is 0.342 e. The Morgan fingerprint density at radius 2 is 2.38 bits per heavy atom. The van der Waals surface area contributed by atoms with Crippen molar-refractivity contribution in [1.29, 1.82) is 0 Å². The fourth-order valence-electron chi connectivity index (χ4n) is 1.90. The Labute approximate surface area is 95.3 Å². The Hall–Kier alpha value is -1.49. The van der Waals surface area contributed by atoms with Gasteiger partial charge in [0.05, 0.1) is 12.2 Å². The zero-order valence-electron chi connectivity index (χ0n) is 8.54. The maximum Gasteiger partial charge on any atom is 0.342 e. The lowest BCUT2D eigenvalue weighted by atomic mass is 10.1. The lowest BCUT2D eigenvalue weighted by Crippen LogP contribution is -1.97. The normalized spacial score (nSPS) is 14.4. The summed E-state index contributed by atoms with van der Waals surface area (Å²) in [5.41, 5.74) is 2.63. The predicted molar refractivity (Wildman–Crippen MR) is 57.2 cm³/mol. The van der Waals surface area contributed by atoms with Gasteiger partial charge in [0.2, 0.25) is 0 Å². The van der Waals surface area contributed by atoms with E-state index in [1.807, 2.05) is 0 Å². The molecule has 0 aliphatic carbocycles. The summed E-state index contributed by atoms with van der Waals surface area (Å²) < 4.78 is 16.0. The minimum Gasteiger partial charge on any atom is -0.490 e. The molecule has 1 aliphatic heterocycles. The van der Waals surface area contributed by atoms with Crippen LogP contribution in [0.3, 0.4) is 0 Å². The van der Waals surface area contributed by atoms with E-state index in [1.54, 1.807) is 6.07 Å². The molecular formula is C11H9O4Si. The van der Waals surface area contributed by atoms with Crippen LogP contribution >= 0.6 is 0 Å². The third-order valence-corrected chi connectivity index (χ3v) is 3.00. The predicted octanol–water partition coefficient (Wildman–Crippen LogP) is 1.90. The van der Waals surface area contributed by atoms with Crippen LogP contribution < -0.4 is 4.74 Å². The van der Waals surface area contributed by atoms with Gasteiger partial charge in [-0.15, -0.1) is 0 Å². The van der Waals surface area contributed by atoms with Gasteiger partial charge in [-0.2, -0.15) is 0 Å². The molecule has 0 atom stereocenters. The van der Waals surface area contributed by atoms with Crippen molar-refractivity contribution in [3.63, 3.8) is 0 Å². The molecule has 0 amide bonds. The van der Waals surface area contributed by atoms with Gasteiger partial charge in [0.25, 0.3) is 0 Å². The van der Waals surface area contributed by atoms with Gasteiger partial charge in [-0.05, 0) is 6.42 Å². The number of esters is 1. The van der Waals surface area contributed by atoms with Gasteiger partial charge < -0.3 is 13.9 Å². The number of cyclic esters (lactones) is 1. The minimum atomic E-state index is -0.296. The van der Waals surface area contributed by atoms with Crippen LogP contribution in [-0.4, -0.2) is 22.8 Å². The number of hydrogen-bond donors (Lipinski definition) is 0. The van der Waals surface area contributed by atoms with E-state index in [0.717, 1.165) is 18.0 Å². The third kappa shape index (κ3) is 1.24. The molecule has 2 aromatic heterocycles. The SMILES string of the molecule is O=C1OCc2c1c1cc(OCCC[Si])c2o1. The molecule has 0 unspecified atom stereocenters. The van der Waals surface area contributed by atoms with Gasteiger partial charge in [-0.1, -0.05) is 6.04 Å². The van der Waals surface area contributed by atoms with Crippen molar-refractivity contribution in [2.24, 2.45) is 0 Å². The number of fused-ring (bicyclic) bond motifs is 5. The van der Waals surface area contributed by atoms with E-state index in [9.17, 15) is 4.79 Å². The van der Waals surface area contributed by atoms with Crippen LogP contribution in [0.4, 0.5) is 0 Å². The summed E-state index contributed by atoms with van der Waals surface area (Å²) in [6, 6.07) is 2.66. The number of rotatable bonds is 4. The summed E-state index contributed by atoms with van der Waals surface area (Å²) in [4.78, 5) is 11.3. The fraction of sp³-hybridized carbons (Fsp3) is 0.364. The van der Waals surface area contributed by atoms with Crippen molar-refractivity contribution < 1.29 is 18.7 Å². The average molecular weight is 233 g/mol. The van der Waals surface area contributed by atoms with E-state index in [-0.39, 0.29) is 5.97 Å². The van der Waals surface area contributed by atoms with Crippen molar-refractivity contribution in [2.75, 3.05) is 6.61 Å². The maximum absolute atomic E-state index is 11.3. The van der Waals surface area contributed by atoms with Gasteiger partial charge in [-0.25, -0.2) is 4.79 Å². The van der Waals surface area contributed by atoms with Crippen LogP contribution in [0.25, 0.3) is 11.2 Å². The molecule has 0 spiro atoms. The molecular weight excluding hydrogens is 224 g/mol. The lowest BCUT2D eigenvalue weighted by molar-refractivity contribution is 0.0534. The second-order valence-corrected chi connectivity index (χ2v) is 4.19. The quantitative estimate of drug-likeness (QED) is 0.459.